The van der Waals surface area contributed by atoms with Crippen molar-refractivity contribution >= 4 is 0 Å². The summed E-state index contributed by atoms with van der Waals surface area (Å²) in [5.74, 6) is 0.967. The summed E-state index contributed by atoms with van der Waals surface area (Å²) in [5, 5.41) is 0. The zero-order valence-corrected chi connectivity index (χ0v) is 13.0. The molecule has 0 unspecified atom stereocenters. The number of rotatable bonds is 4. The molecule has 0 heterocycles. The first-order valence-electron chi connectivity index (χ1n) is 7.43. The molecule has 17 heavy (non-hydrogen) atoms. The van der Waals surface area contributed by atoms with E-state index in [4.69, 9.17) is 0 Å². The van der Waals surface area contributed by atoms with Crippen LogP contribution in [0.15, 0.2) is 0 Å². The highest BCUT2D eigenvalue weighted by atomic mass is 15.2. The van der Waals surface area contributed by atoms with Crippen molar-refractivity contribution in [2.24, 2.45) is 11.3 Å². The molecular weight excluding hydrogens is 206 g/mol. The SMILES string of the molecule is CC(C)(C)CCN(CC1CCCC1)C(C)(C)C. The molecule has 1 rings (SSSR count). The van der Waals surface area contributed by atoms with Gasteiger partial charge in [0.2, 0.25) is 0 Å². The fraction of sp³-hybridized carbons (Fsp3) is 1.00. The second kappa shape index (κ2) is 5.73. The summed E-state index contributed by atoms with van der Waals surface area (Å²) >= 11 is 0. The normalized spacial score (nSPS) is 19.2. The van der Waals surface area contributed by atoms with Gasteiger partial charge in [0.1, 0.15) is 0 Å². The Morgan fingerprint density at radius 3 is 1.88 bits per heavy atom. The lowest BCUT2D eigenvalue weighted by atomic mass is 9.90. The highest BCUT2D eigenvalue weighted by molar-refractivity contribution is 4.81. The van der Waals surface area contributed by atoms with Crippen molar-refractivity contribution in [1.82, 2.24) is 4.90 Å². The lowest BCUT2D eigenvalue weighted by Crippen LogP contribution is -2.45. The smallest absolute Gasteiger partial charge is 0.0125 e. The first-order chi connectivity index (χ1) is 7.68. The summed E-state index contributed by atoms with van der Waals surface area (Å²) in [6.45, 7) is 16.7. The molecule has 0 aliphatic heterocycles. The lowest BCUT2D eigenvalue weighted by molar-refractivity contribution is 0.0986. The number of nitrogens with zero attached hydrogens (tertiary/aromatic N) is 1. The van der Waals surface area contributed by atoms with Gasteiger partial charge in [0.15, 0.2) is 0 Å². The van der Waals surface area contributed by atoms with Crippen LogP contribution in [-0.2, 0) is 0 Å². The summed E-state index contributed by atoms with van der Waals surface area (Å²) in [6, 6.07) is 0. The Kier molecular flexibility index (Phi) is 5.07. The predicted octanol–water partition coefficient (Wildman–Crippen LogP) is 4.71. The van der Waals surface area contributed by atoms with Gasteiger partial charge in [0.05, 0.1) is 0 Å². The molecule has 1 heteroatoms. The summed E-state index contributed by atoms with van der Waals surface area (Å²) in [6.07, 6.45) is 7.14. The highest BCUT2D eigenvalue weighted by Crippen LogP contribution is 2.29. The van der Waals surface area contributed by atoms with Crippen molar-refractivity contribution in [1.29, 1.82) is 0 Å². The third kappa shape index (κ3) is 5.90. The summed E-state index contributed by atoms with van der Waals surface area (Å²) in [4.78, 5) is 2.72. The van der Waals surface area contributed by atoms with Crippen molar-refractivity contribution < 1.29 is 0 Å². The minimum Gasteiger partial charge on any atom is -0.298 e. The van der Waals surface area contributed by atoms with Crippen LogP contribution in [0.1, 0.15) is 73.6 Å². The van der Waals surface area contributed by atoms with Gasteiger partial charge in [-0.2, -0.15) is 0 Å². The molecule has 0 spiro atoms. The van der Waals surface area contributed by atoms with Gasteiger partial charge >= 0.3 is 0 Å². The first kappa shape index (κ1) is 15.0. The van der Waals surface area contributed by atoms with Crippen LogP contribution in [0.3, 0.4) is 0 Å². The molecule has 1 nitrogen and oxygen atoms in total. The van der Waals surface area contributed by atoms with E-state index in [-0.39, 0.29) is 0 Å². The summed E-state index contributed by atoms with van der Waals surface area (Å²) < 4.78 is 0. The Morgan fingerprint density at radius 2 is 1.47 bits per heavy atom. The fourth-order valence-corrected chi connectivity index (χ4v) is 2.68. The highest BCUT2D eigenvalue weighted by Gasteiger charge is 2.27. The monoisotopic (exact) mass is 239 g/mol. The summed E-state index contributed by atoms with van der Waals surface area (Å²) in [5.41, 5.74) is 0.785. The van der Waals surface area contributed by atoms with Crippen LogP contribution in [0.5, 0.6) is 0 Å². The van der Waals surface area contributed by atoms with Gasteiger partial charge in [-0.05, 0) is 57.9 Å². The Bertz CT molecular complexity index is 213. The van der Waals surface area contributed by atoms with Crippen molar-refractivity contribution in [2.75, 3.05) is 13.1 Å². The van der Waals surface area contributed by atoms with Gasteiger partial charge in [-0.25, -0.2) is 0 Å². The van der Waals surface area contributed by atoms with Gasteiger partial charge < -0.3 is 0 Å². The molecule has 0 aromatic rings. The third-order valence-electron chi connectivity index (χ3n) is 4.03. The molecule has 1 fully saturated rings. The standard InChI is InChI=1S/C16H33N/c1-15(2,3)11-12-17(16(4,5)6)13-14-9-7-8-10-14/h14H,7-13H2,1-6H3. The van der Waals surface area contributed by atoms with Crippen molar-refractivity contribution in [3.63, 3.8) is 0 Å². The maximum absolute atomic E-state index is 2.72. The maximum atomic E-state index is 2.72. The molecule has 0 aromatic carbocycles. The Morgan fingerprint density at radius 1 is 0.941 bits per heavy atom. The van der Waals surface area contributed by atoms with Crippen LogP contribution in [0.25, 0.3) is 0 Å². The topological polar surface area (TPSA) is 3.24 Å². The van der Waals surface area contributed by atoms with Crippen molar-refractivity contribution in [2.45, 2.75) is 79.2 Å². The largest absolute Gasteiger partial charge is 0.298 e. The predicted molar refractivity (Wildman–Crippen MR) is 77.4 cm³/mol. The third-order valence-corrected chi connectivity index (χ3v) is 4.03. The minimum absolute atomic E-state index is 0.327. The quantitative estimate of drug-likeness (QED) is 0.686. The van der Waals surface area contributed by atoms with E-state index in [2.05, 4.69) is 46.4 Å². The summed E-state index contributed by atoms with van der Waals surface area (Å²) in [7, 11) is 0. The minimum atomic E-state index is 0.327. The van der Waals surface area contributed by atoms with E-state index in [9.17, 15) is 0 Å². The van der Waals surface area contributed by atoms with Crippen molar-refractivity contribution in [3.8, 4) is 0 Å². The molecule has 0 aromatic heterocycles. The lowest BCUT2D eigenvalue weighted by Gasteiger charge is -2.39. The first-order valence-corrected chi connectivity index (χ1v) is 7.43. The maximum Gasteiger partial charge on any atom is 0.0125 e. The fourth-order valence-electron chi connectivity index (χ4n) is 2.68. The van der Waals surface area contributed by atoms with Crippen LogP contribution >= 0.6 is 0 Å². The van der Waals surface area contributed by atoms with Crippen LogP contribution in [0.4, 0.5) is 0 Å². The van der Waals surface area contributed by atoms with Gasteiger partial charge in [-0.3, -0.25) is 4.90 Å². The van der Waals surface area contributed by atoms with E-state index in [1.165, 1.54) is 45.2 Å². The van der Waals surface area contributed by atoms with Gasteiger partial charge in [-0.15, -0.1) is 0 Å². The molecule has 102 valence electrons. The zero-order valence-electron chi connectivity index (χ0n) is 13.0. The van der Waals surface area contributed by atoms with Crippen LogP contribution in [0.2, 0.25) is 0 Å². The van der Waals surface area contributed by atoms with Gasteiger partial charge in [0, 0.05) is 12.1 Å². The van der Waals surface area contributed by atoms with Crippen LogP contribution < -0.4 is 0 Å². The van der Waals surface area contributed by atoms with E-state index >= 15 is 0 Å². The average molecular weight is 239 g/mol. The van der Waals surface area contributed by atoms with E-state index < -0.39 is 0 Å². The van der Waals surface area contributed by atoms with Gasteiger partial charge in [-0.1, -0.05) is 33.6 Å². The van der Waals surface area contributed by atoms with E-state index in [1.54, 1.807) is 0 Å². The molecule has 0 bridgehead atoms. The Balaban J connectivity index is 2.48. The molecule has 0 amide bonds. The molecule has 0 saturated heterocycles. The average Bonchev–Trinajstić information content (AvgIpc) is 2.60. The Labute approximate surface area is 109 Å². The molecule has 1 saturated carbocycles. The zero-order chi connectivity index (χ0) is 13.1. The number of hydrogen-bond donors (Lipinski definition) is 0. The molecule has 0 radical (unpaired) electrons. The van der Waals surface area contributed by atoms with Crippen molar-refractivity contribution in [3.05, 3.63) is 0 Å². The molecule has 1 aliphatic rings. The molecule has 0 N–H and O–H groups in total. The van der Waals surface area contributed by atoms with Crippen LogP contribution in [0, 0.1) is 11.3 Å². The van der Waals surface area contributed by atoms with E-state index in [1.807, 2.05) is 0 Å². The van der Waals surface area contributed by atoms with E-state index in [0.717, 1.165) is 5.92 Å². The second-order valence-electron chi connectivity index (χ2n) is 8.08. The molecular formula is C16H33N. The molecule has 0 atom stereocenters. The van der Waals surface area contributed by atoms with Crippen LogP contribution in [-0.4, -0.2) is 23.5 Å². The van der Waals surface area contributed by atoms with Gasteiger partial charge in [0.25, 0.3) is 0 Å². The van der Waals surface area contributed by atoms with E-state index in [0.29, 0.717) is 11.0 Å². The molecule has 1 aliphatic carbocycles. The second-order valence-corrected chi connectivity index (χ2v) is 8.08. The number of hydrogen-bond acceptors (Lipinski definition) is 1. The Hall–Kier alpha value is -0.0400.